The Bertz CT molecular complexity index is 354. The second-order valence-electron chi connectivity index (χ2n) is 2.26. The largest absolute Gasteiger partial charge is 0.479 e. The first kappa shape index (κ1) is 9.73. The smallest absolute Gasteiger partial charge is 0.360 e. The molecule has 0 saturated heterocycles. The van der Waals surface area contributed by atoms with Crippen LogP contribution in [0, 0.1) is 6.92 Å². The van der Waals surface area contributed by atoms with Crippen molar-refractivity contribution in [2.24, 2.45) is 0 Å². The van der Waals surface area contributed by atoms with E-state index in [-0.39, 0.29) is 16.7 Å². The second-order valence-corrected chi connectivity index (χ2v) is 2.62. The second kappa shape index (κ2) is 3.57. The van der Waals surface area contributed by atoms with Crippen molar-refractivity contribution in [3.8, 4) is 5.88 Å². The average molecular weight is 203 g/mol. The number of hydrogen-bond donors (Lipinski definition) is 1. The molecule has 1 aromatic rings. The minimum Gasteiger partial charge on any atom is -0.479 e. The van der Waals surface area contributed by atoms with Gasteiger partial charge in [-0.3, -0.25) is 0 Å². The highest BCUT2D eigenvalue weighted by Crippen LogP contribution is 2.18. The summed E-state index contributed by atoms with van der Waals surface area (Å²) in [6.45, 7) is 1.61. The van der Waals surface area contributed by atoms with E-state index in [0.29, 0.717) is 5.69 Å². The number of aromatic carboxylic acids is 1. The molecule has 0 saturated carbocycles. The van der Waals surface area contributed by atoms with E-state index >= 15 is 0 Å². The van der Waals surface area contributed by atoms with Crippen LogP contribution >= 0.6 is 11.6 Å². The molecule has 1 heterocycles. The summed E-state index contributed by atoms with van der Waals surface area (Å²) in [6.07, 6.45) is 0. The Balaban J connectivity index is 3.33. The van der Waals surface area contributed by atoms with Crippen molar-refractivity contribution >= 4 is 17.6 Å². The molecule has 0 amide bonds. The fraction of sp³-hybridized carbons (Fsp3) is 0.286. The number of hydrogen-bond acceptors (Lipinski definition) is 4. The molecule has 1 rings (SSSR count). The Kier molecular flexibility index (Phi) is 2.67. The van der Waals surface area contributed by atoms with Gasteiger partial charge in [0.05, 0.1) is 12.8 Å². The van der Waals surface area contributed by atoms with Gasteiger partial charge in [-0.2, -0.15) is 0 Å². The van der Waals surface area contributed by atoms with Crippen LogP contribution in [0.3, 0.4) is 0 Å². The van der Waals surface area contributed by atoms with E-state index in [1.165, 1.54) is 7.11 Å². The maximum absolute atomic E-state index is 10.6. The molecule has 0 bridgehead atoms. The lowest BCUT2D eigenvalue weighted by molar-refractivity contribution is 0.0685. The summed E-state index contributed by atoms with van der Waals surface area (Å²) in [4.78, 5) is 18.0. The lowest BCUT2D eigenvalue weighted by atomic mass is 10.4. The summed E-state index contributed by atoms with van der Waals surface area (Å²) >= 11 is 5.59. The Morgan fingerprint density at radius 1 is 1.54 bits per heavy atom. The van der Waals surface area contributed by atoms with E-state index in [1.54, 1.807) is 6.92 Å². The lowest BCUT2D eigenvalue weighted by Crippen LogP contribution is -2.07. The Labute approximate surface area is 79.3 Å². The zero-order chi connectivity index (χ0) is 10.0. The first-order chi connectivity index (χ1) is 6.06. The van der Waals surface area contributed by atoms with Gasteiger partial charge in [0.25, 0.3) is 0 Å². The lowest BCUT2D eigenvalue weighted by Gasteiger charge is -2.04. The predicted octanol–water partition coefficient (Wildman–Crippen LogP) is 1.15. The highest BCUT2D eigenvalue weighted by molar-refractivity contribution is 6.30. The number of carbonyl (C=O) groups is 1. The molecule has 5 nitrogen and oxygen atoms in total. The molecular formula is C7H7ClN2O3. The van der Waals surface area contributed by atoms with Gasteiger partial charge in [-0.25, -0.2) is 14.8 Å². The molecule has 1 aromatic heterocycles. The van der Waals surface area contributed by atoms with E-state index in [1.807, 2.05) is 0 Å². The van der Waals surface area contributed by atoms with Crippen LogP contribution < -0.4 is 4.74 Å². The van der Waals surface area contributed by atoms with E-state index in [0.717, 1.165) is 0 Å². The number of methoxy groups -OCH3 is 1. The number of ether oxygens (including phenoxy) is 1. The molecule has 0 unspecified atom stereocenters. The van der Waals surface area contributed by atoms with E-state index < -0.39 is 5.97 Å². The van der Waals surface area contributed by atoms with Crippen LogP contribution in [-0.4, -0.2) is 28.2 Å². The van der Waals surface area contributed by atoms with Crippen molar-refractivity contribution in [3.05, 3.63) is 16.5 Å². The fourth-order valence-electron chi connectivity index (χ4n) is 0.760. The normalized spacial score (nSPS) is 9.77. The molecule has 70 valence electrons. The first-order valence-electron chi connectivity index (χ1n) is 3.37. The van der Waals surface area contributed by atoms with E-state index in [2.05, 4.69) is 9.97 Å². The molecule has 0 spiro atoms. The van der Waals surface area contributed by atoms with Crippen LogP contribution in [0.2, 0.25) is 5.15 Å². The molecule has 0 aromatic carbocycles. The van der Waals surface area contributed by atoms with Gasteiger partial charge in [-0.15, -0.1) is 0 Å². The molecule has 0 fully saturated rings. The van der Waals surface area contributed by atoms with Gasteiger partial charge in [0.2, 0.25) is 11.6 Å². The summed E-state index contributed by atoms with van der Waals surface area (Å²) < 4.78 is 4.73. The number of rotatable bonds is 2. The standard InChI is InChI=1S/C7H7ClN2O3/c1-3-5(8)10-4(7(11)12)6(9-3)13-2/h1-2H3,(H,11,12). The summed E-state index contributed by atoms with van der Waals surface area (Å²) in [5.74, 6) is -1.25. The third kappa shape index (κ3) is 1.86. The van der Waals surface area contributed by atoms with Crippen LogP contribution in [0.25, 0.3) is 0 Å². The SMILES string of the molecule is COc1nc(C)c(Cl)nc1C(=O)O. The number of aryl methyl sites for hydroxylation is 1. The summed E-state index contributed by atoms with van der Waals surface area (Å²) in [5.41, 5.74) is 0.154. The van der Waals surface area contributed by atoms with Crippen LogP contribution in [-0.2, 0) is 0 Å². The number of nitrogens with zero attached hydrogens (tertiary/aromatic N) is 2. The molecule has 6 heteroatoms. The van der Waals surface area contributed by atoms with Crippen LogP contribution in [0.1, 0.15) is 16.2 Å². The van der Waals surface area contributed by atoms with Gasteiger partial charge >= 0.3 is 5.97 Å². The van der Waals surface area contributed by atoms with E-state index in [4.69, 9.17) is 21.4 Å². The molecule has 0 aliphatic rings. The Morgan fingerprint density at radius 3 is 2.62 bits per heavy atom. The summed E-state index contributed by atoms with van der Waals surface area (Å²) in [6, 6.07) is 0. The van der Waals surface area contributed by atoms with Gasteiger partial charge < -0.3 is 9.84 Å². The molecular weight excluding hydrogens is 196 g/mol. The number of carboxylic acid groups (broad SMARTS) is 1. The Hall–Kier alpha value is -1.36. The van der Waals surface area contributed by atoms with Crippen LogP contribution in [0.15, 0.2) is 0 Å². The number of aromatic nitrogens is 2. The first-order valence-corrected chi connectivity index (χ1v) is 3.75. The molecule has 13 heavy (non-hydrogen) atoms. The zero-order valence-electron chi connectivity index (χ0n) is 7.04. The summed E-state index contributed by atoms with van der Waals surface area (Å²) in [7, 11) is 1.32. The van der Waals surface area contributed by atoms with Gasteiger partial charge in [0, 0.05) is 0 Å². The fourth-order valence-corrected chi connectivity index (χ4v) is 0.887. The van der Waals surface area contributed by atoms with Crippen LogP contribution in [0.4, 0.5) is 0 Å². The van der Waals surface area contributed by atoms with Crippen molar-refractivity contribution in [2.75, 3.05) is 7.11 Å². The highest BCUT2D eigenvalue weighted by atomic mass is 35.5. The van der Waals surface area contributed by atoms with Gasteiger partial charge in [0.15, 0.2) is 5.15 Å². The Morgan fingerprint density at radius 2 is 2.15 bits per heavy atom. The maximum atomic E-state index is 10.6. The van der Waals surface area contributed by atoms with Crippen molar-refractivity contribution in [3.63, 3.8) is 0 Å². The molecule has 0 atom stereocenters. The summed E-state index contributed by atoms with van der Waals surface area (Å²) in [5, 5.41) is 8.74. The van der Waals surface area contributed by atoms with Crippen molar-refractivity contribution in [2.45, 2.75) is 6.92 Å². The quantitative estimate of drug-likeness (QED) is 0.779. The van der Waals surface area contributed by atoms with E-state index in [9.17, 15) is 4.79 Å². The highest BCUT2D eigenvalue weighted by Gasteiger charge is 2.16. The number of halogens is 1. The third-order valence-electron chi connectivity index (χ3n) is 1.38. The van der Waals surface area contributed by atoms with Crippen molar-refractivity contribution in [1.29, 1.82) is 0 Å². The monoisotopic (exact) mass is 202 g/mol. The molecule has 0 radical (unpaired) electrons. The predicted molar refractivity (Wildman–Crippen MR) is 45.3 cm³/mol. The minimum atomic E-state index is -1.22. The van der Waals surface area contributed by atoms with Gasteiger partial charge in [0.1, 0.15) is 0 Å². The molecule has 0 aliphatic carbocycles. The maximum Gasteiger partial charge on any atom is 0.360 e. The van der Waals surface area contributed by atoms with Crippen LogP contribution in [0.5, 0.6) is 5.88 Å². The third-order valence-corrected chi connectivity index (χ3v) is 1.73. The van der Waals surface area contributed by atoms with Crippen molar-refractivity contribution < 1.29 is 14.6 Å². The zero-order valence-corrected chi connectivity index (χ0v) is 7.79. The topological polar surface area (TPSA) is 72.3 Å². The van der Waals surface area contributed by atoms with Gasteiger partial charge in [-0.05, 0) is 6.92 Å². The minimum absolute atomic E-state index is 0.0330. The van der Waals surface area contributed by atoms with Crippen molar-refractivity contribution in [1.82, 2.24) is 9.97 Å². The van der Waals surface area contributed by atoms with Gasteiger partial charge in [-0.1, -0.05) is 11.6 Å². The number of carboxylic acids is 1. The molecule has 0 aliphatic heterocycles. The molecule has 1 N–H and O–H groups in total. The average Bonchev–Trinajstić information content (AvgIpc) is 2.08.